The van der Waals surface area contributed by atoms with Crippen LogP contribution in [0.5, 0.6) is 0 Å². The minimum Gasteiger partial charge on any atom is -0.378 e. The summed E-state index contributed by atoms with van der Waals surface area (Å²) in [5.74, 6) is -1.64. The fourth-order valence-corrected chi connectivity index (χ4v) is 2.17. The maximum Gasteiger partial charge on any atom is 0.455 e. The van der Waals surface area contributed by atoms with Crippen molar-refractivity contribution < 1.29 is 27.2 Å². The first kappa shape index (κ1) is 16.5. The van der Waals surface area contributed by atoms with Gasteiger partial charge in [0.1, 0.15) is 0 Å². The van der Waals surface area contributed by atoms with Crippen molar-refractivity contribution in [2.24, 2.45) is 0 Å². The SMILES string of the molecule is CCOC1CCN(C(=O)NCc2nc(C(F)(F)F)no2)CC1. The second-order valence-electron chi connectivity index (χ2n) is 4.81. The number of nitrogens with one attached hydrogen (secondary N) is 1. The molecule has 0 atom stereocenters. The molecule has 22 heavy (non-hydrogen) atoms. The van der Waals surface area contributed by atoms with E-state index < -0.39 is 12.0 Å². The lowest BCUT2D eigenvalue weighted by Gasteiger charge is -2.31. The zero-order chi connectivity index (χ0) is 16.2. The van der Waals surface area contributed by atoms with E-state index in [-0.39, 0.29) is 24.6 Å². The van der Waals surface area contributed by atoms with Crippen molar-refractivity contribution in [3.05, 3.63) is 11.7 Å². The second kappa shape index (κ2) is 6.95. The predicted octanol–water partition coefficient (Wildman–Crippen LogP) is 1.80. The molecule has 0 saturated carbocycles. The highest BCUT2D eigenvalue weighted by molar-refractivity contribution is 5.74. The highest BCUT2D eigenvalue weighted by Gasteiger charge is 2.37. The Bertz CT molecular complexity index is 498. The lowest BCUT2D eigenvalue weighted by Crippen LogP contribution is -2.45. The van der Waals surface area contributed by atoms with Crippen molar-refractivity contribution in [3.63, 3.8) is 0 Å². The average molecular weight is 322 g/mol. The number of hydrogen-bond acceptors (Lipinski definition) is 5. The van der Waals surface area contributed by atoms with Gasteiger partial charge in [-0.15, -0.1) is 0 Å². The third-order valence-electron chi connectivity index (χ3n) is 3.24. The molecule has 0 bridgehead atoms. The molecule has 1 saturated heterocycles. The Kier molecular flexibility index (Phi) is 5.22. The van der Waals surface area contributed by atoms with Gasteiger partial charge in [0, 0.05) is 19.7 Å². The van der Waals surface area contributed by atoms with Crippen LogP contribution in [0.1, 0.15) is 31.5 Å². The van der Waals surface area contributed by atoms with Crippen LogP contribution in [-0.2, 0) is 17.5 Å². The van der Waals surface area contributed by atoms with Gasteiger partial charge in [0.15, 0.2) is 0 Å². The van der Waals surface area contributed by atoms with E-state index in [1.165, 1.54) is 0 Å². The van der Waals surface area contributed by atoms with E-state index >= 15 is 0 Å². The van der Waals surface area contributed by atoms with Gasteiger partial charge in [-0.25, -0.2) is 4.79 Å². The molecule has 124 valence electrons. The number of rotatable bonds is 4. The van der Waals surface area contributed by atoms with Crippen molar-refractivity contribution in [1.82, 2.24) is 20.4 Å². The van der Waals surface area contributed by atoms with Gasteiger partial charge in [-0.3, -0.25) is 0 Å². The molecule has 2 amide bonds. The Morgan fingerprint density at radius 1 is 1.45 bits per heavy atom. The summed E-state index contributed by atoms with van der Waals surface area (Å²) in [4.78, 5) is 16.7. The van der Waals surface area contributed by atoms with E-state index in [4.69, 9.17) is 4.74 Å². The van der Waals surface area contributed by atoms with Gasteiger partial charge in [-0.05, 0) is 19.8 Å². The van der Waals surface area contributed by atoms with E-state index in [1.54, 1.807) is 4.90 Å². The molecule has 2 rings (SSSR count). The second-order valence-corrected chi connectivity index (χ2v) is 4.81. The number of alkyl halides is 3. The van der Waals surface area contributed by atoms with Gasteiger partial charge in [0.25, 0.3) is 5.82 Å². The Morgan fingerprint density at radius 2 is 2.14 bits per heavy atom. The molecule has 1 fully saturated rings. The summed E-state index contributed by atoms with van der Waals surface area (Å²) >= 11 is 0. The molecule has 1 aromatic heterocycles. The number of nitrogens with zero attached hydrogens (tertiary/aromatic N) is 3. The first-order valence-corrected chi connectivity index (χ1v) is 6.94. The van der Waals surface area contributed by atoms with Crippen molar-refractivity contribution in [2.75, 3.05) is 19.7 Å². The predicted molar refractivity (Wildman–Crippen MR) is 67.8 cm³/mol. The highest BCUT2D eigenvalue weighted by Crippen LogP contribution is 2.26. The molecule has 0 spiro atoms. The minimum absolute atomic E-state index is 0.152. The van der Waals surface area contributed by atoms with Crippen LogP contribution in [0.2, 0.25) is 0 Å². The van der Waals surface area contributed by atoms with E-state index in [1.807, 2.05) is 6.92 Å². The number of carbonyl (C=O) groups excluding carboxylic acids is 1. The topological polar surface area (TPSA) is 80.5 Å². The number of carbonyl (C=O) groups is 1. The Hall–Kier alpha value is -1.84. The van der Waals surface area contributed by atoms with Crippen LogP contribution in [0.25, 0.3) is 0 Å². The summed E-state index contributed by atoms with van der Waals surface area (Å²) in [5, 5.41) is 5.28. The van der Waals surface area contributed by atoms with Crippen molar-refractivity contribution in [2.45, 2.75) is 38.6 Å². The summed E-state index contributed by atoms with van der Waals surface area (Å²) in [6.07, 6.45) is -3.04. The molecule has 1 aliphatic heterocycles. The van der Waals surface area contributed by atoms with Gasteiger partial charge in [0.05, 0.1) is 12.6 Å². The molecule has 2 heterocycles. The largest absolute Gasteiger partial charge is 0.455 e. The van der Waals surface area contributed by atoms with Gasteiger partial charge in [-0.1, -0.05) is 5.16 Å². The smallest absolute Gasteiger partial charge is 0.378 e. The van der Waals surface area contributed by atoms with Crippen LogP contribution >= 0.6 is 0 Å². The van der Waals surface area contributed by atoms with Crippen molar-refractivity contribution in [3.8, 4) is 0 Å². The fourth-order valence-electron chi connectivity index (χ4n) is 2.17. The first-order valence-electron chi connectivity index (χ1n) is 6.94. The third kappa shape index (κ3) is 4.33. The maximum absolute atomic E-state index is 12.3. The number of likely N-dealkylation sites (tertiary alicyclic amines) is 1. The molecule has 10 heteroatoms. The van der Waals surface area contributed by atoms with E-state index in [2.05, 4.69) is 20.0 Å². The van der Waals surface area contributed by atoms with Gasteiger partial charge >= 0.3 is 12.2 Å². The van der Waals surface area contributed by atoms with E-state index in [0.29, 0.717) is 19.7 Å². The van der Waals surface area contributed by atoms with E-state index in [0.717, 1.165) is 12.8 Å². The van der Waals surface area contributed by atoms with Crippen LogP contribution in [0.15, 0.2) is 4.52 Å². The van der Waals surface area contributed by atoms with Gasteiger partial charge in [0.2, 0.25) is 5.89 Å². The Labute approximate surface area is 124 Å². The third-order valence-corrected chi connectivity index (χ3v) is 3.24. The molecule has 7 nitrogen and oxygen atoms in total. The summed E-state index contributed by atoms with van der Waals surface area (Å²) < 4.78 is 46.8. The monoisotopic (exact) mass is 322 g/mol. The number of aromatic nitrogens is 2. The molecule has 1 N–H and O–H groups in total. The quantitative estimate of drug-likeness (QED) is 0.914. The molecule has 0 radical (unpaired) electrons. The number of piperidine rings is 1. The summed E-state index contributed by atoms with van der Waals surface area (Å²) in [7, 11) is 0. The molecule has 0 aromatic carbocycles. The van der Waals surface area contributed by atoms with Crippen molar-refractivity contribution >= 4 is 6.03 Å². The average Bonchev–Trinajstić information content (AvgIpc) is 2.95. The zero-order valence-corrected chi connectivity index (χ0v) is 12.0. The number of amides is 2. The first-order chi connectivity index (χ1) is 10.4. The van der Waals surface area contributed by atoms with Crippen LogP contribution in [0.4, 0.5) is 18.0 Å². The van der Waals surface area contributed by atoms with Crippen LogP contribution in [-0.4, -0.2) is 46.9 Å². The number of halogens is 3. The minimum atomic E-state index is -4.66. The maximum atomic E-state index is 12.3. The highest BCUT2D eigenvalue weighted by atomic mass is 19.4. The number of ether oxygens (including phenoxy) is 1. The summed E-state index contributed by atoms with van der Waals surface area (Å²) in [6.45, 7) is 3.38. The molecule has 0 aliphatic carbocycles. The summed E-state index contributed by atoms with van der Waals surface area (Å²) in [5.41, 5.74) is 0. The Balaban J connectivity index is 1.77. The lowest BCUT2D eigenvalue weighted by molar-refractivity contribution is -0.146. The van der Waals surface area contributed by atoms with Crippen LogP contribution in [0, 0.1) is 0 Å². The van der Waals surface area contributed by atoms with Crippen LogP contribution in [0.3, 0.4) is 0 Å². The van der Waals surface area contributed by atoms with Crippen molar-refractivity contribution in [1.29, 1.82) is 0 Å². The lowest BCUT2D eigenvalue weighted by atomic mass is 10.1. The van der Waals surface area contributed by atoms with E-state index in [9.17, 15) is 18.0 Å². The number of hydrogen-bond donors (Lipinski definition) is 1. The molecule has 1 aliphatic rings. The van der Waals surface area contributed by atoms with Gasteiger partial charge < -0.3 is 19.5 Å². The summed E-state index contributed by atoms with van der Waals surface area (Å²) in [6, 6.07) is -0.373. The molecule has 1 aromatic rings. The van der Waals surface area contributed by atoms with Crippen LogP contribution < -0.4 is 5.32 Å². The zero-order valence-electron chi connectivity index (χ0n) is 12.0. The van der Waals surface area contributed by atoms with Gasteiger partial charge in [-0.2, -0.15) is 18.2 Å². The fraction of sp³-hybridized carbons (Fsp3) is 0.750. The Morgan fingerprint density at radius 3 is 2.68 bits per heavy atom. The molecular weight excluding hydrogens is 305 g/mol. The standard InChI is InChI=1S/C12H17F3N4O3/c1-2-21-8-3-5-19(6-4-8)11(20)16-7-9-17-10(18-22-9)12(13,14)15/h8H,2-7H2,1H3,(H,16,20). The molecular formula is C12H17F3N4O3. The normalized spacial score (nSPS) is 16.8. The molecule has 0 unspecified atom stereocenters. The number of urea groups is 1.